The van der Waals surface area contributed by atoms with Crippen LogP contribution in [0.2, 0.25) is 0 Å². The zero-order valence-corrected chi connectivity index (χ0v) is 13.4. The number of anilines is 1. The number of rotatable bonds is 7. The number of benzene rings is 1. The van der Waals surface area contributed by atoms with E-state index in [1.165, 1.54) is 25.2 Å². The number of ether oxygens (including phenoxy) is 1. The zero-order chi connectivity index (χ0) is 17.0. The first-order valence-electron chi connectivity index (χ1n) is 6.72. The van der Waals surface area contributed by atoms with Gasteiger partial charge in [-0.3, -0.25) is 4.72 Å². The highest BCUT2D eigenvalue weighted by molar-refractivity contribution is 7.92. The van der Waals surface area contributed by atoms with E-state index in [1.54, 1.807) is 0 Å². The largest absolute Gasteiger partial charge is 0.491 e. The number of nitrogens with one attached hydrogen (secondary N) is 1. The topological polar surface area (TPSA) is 123 Å². The molecular weight excluding hydrogens is 324 g/mol. The molecule has 0 aliphatic carbocycles. The highest BCUT2D eigenvalue weighted by atomic mass is 32.2. The molecule has 0 bridgehead atoms. The molecule has 0 saturated heterocycles. The molecule has 0 aliphatic heterocycles. The van der Waals surface area contributed by atoms with Crippen molar-refractivity contribution in [1.82, 2.24) is 15.0 Å². The van der Waals surface area contributed by atoms with E-state index in [1.807, 2.05) is 6.92 Å². The van der Waals surface area contributed by atoms with E-state index in [-0.39, 0.29) is 22.0 Å². The van der Waals surface area contributed by atoms with Crippen molar-refractivity contribution in [3.8, 4) is 5.75 Å². The predicted octanol–water partition coefficient (Wildman–Crippen LogP) is 1.10. The molecule has 2 rings (SSSR count). The third-order valence-electron chi connectivity index (χ3n) is 2.88. The summed E-state index contributed by atoms with van der Waals surface area (Å²) in [6.45, 7) is 2.27. The number of hydrogen-bond donors (Lipinski definition) is 2. The first-order chi connectivity index (χ1) is 10.8. The second kappa shape index (κ2) is 6.65. The second-order valence-corrected chi connectivity index (χ2v) is 6.30. The molecule has 0 spiro atoms. The third-order valence-corrected chi connectivity index (χ3v) is 4.29. The van der Waals surface area contributed by atoms with E-state index >= 15 is 0 Å². The first-order valence-corrected chi connectivity index (χ1v) is 8.21. The Morgan fingerprint density at radius 2 is 2.17 bits per heavy atom. The Hall–Kier alpha value is -2.62. The van der Waals surface area contributed by atoms with Gasteiger partial charge in [-0.15, -0.1) is 5.10 Å². The Bertz CT molecular complexity index is 816. The van der Waals surface area contributed by atoms with Crippen LogP contribution in [0.3, 0.4) is 0 Å². The fraction of sp³-hybridized carbons (Fsp3) is 0.308. The van der Waals surface area contributed by atoms with E-state index in [0.717, 1.165) is 17.3 Å². The molecule has 1 heterocycles. The van der Waals surface area contributed by atoms with Crippen LogP contribution in [-0.4, -0.2) is 41.1 Å². The van der Waals surface area contributed by atoms with Crippen LogP contribution in [0.4, 0.5) is 5.69 Å². The van der Waals surface area contributed by atoms with Crippen LogP contribution < -0.4 is 9.46 Å². The number of sulfonamides is 1. The van der Waals surface area contributed by atoms with E-state index in [0.29, 0.717) is 6.61 Å². The van der Waals surface area contributed by atoms with Gasteiger partial charge in [0.05, 0.1) is 24.1 Å². The average Bonchev–Trinajstić information content (AvgIpc) is 2.92. The lowest BCUT2D eigenvalue weighted by molar-refractivity contribution is 0.0697. The molecule has 0 radical (unpaired) electrons. The van der Waals surface area contributed by atoms with Crippen molar-refractivity contribution in [1.29, 1.82) is 0 Å². The van der Waals surface area contributed by atoms with Crippen LogP contribution >= 0.6 is 0 Å². The van der Waals surface area contributed by atoms with Gasteiger partial charge >= 0.3 is 5.97 Å². The normalized spacial score (nSPS) is 11.2. The lowest BCUT2D eigenvalue weighted by Gasteiger charge is -2.13. The molecule has 0 saturated carbocycles. The van der Waals surface area contributed by atoms with Gasteiger partial charge in [-0.25, -0.2) is 9.48 Å². The molecule has 0 unspecified atom stereocenters. The summed E-state index contributed by atoms with van der Waals surface area (Å²) in [6.07, 6.45) is 1.81. The Morgan fingerprint density at radius 1 is 1.43 bits per heavy atom. The summed E-state index contributed by atoms with van der Waals surface area (Å²) in [4.78, 5) is 11.1. The van der Waals surface area contributed by atoms with Crippen molar-refractivity contribution in [3.63, 3.8) is 0 Å². The number of aromatic carboxylic acids is 1. The summed E-state index contributed by atoms with van der Waals surface area (Å²) in [5, 5.41) is 16.0. The van der Waals surface area contributed by atoms with Gasteiger partial charge in [-0.1, -0.05) is 12.1 Å². The van der Waals surface area contributed by atoms with Gasteiger partial charge in [0.25, 0.3) is 10.0 Å². The minimum Gasteiger partial charge on any atom is -0.491 e. The number of hydrogen-bond acceptors (Lipinski definition) is 6. The number of carboxylic acids is 1. The highest BCUT2D eigenvalue weighted by Gasteiger charge is 2.21. The summed E-state index contributed by atoms with van der Waals surface area (Å²) < 4.78 is 33.6. The van der Waals surface area contributed by atoms with Gasteiger partial charge in [0.2, 0.25) is 0 Å². The predicted molar refractivity (Wildman–Crippen MR) is 81.0 cm³/mol. The molecule has 0 amide bonds. The second-order valence-electron chi connectivity index (χ2n) is 4.67. The van der Waals surface area contributed by atoms with Crippen molar-refractivity contribution in [3.05, 3.63) is 30.0 Å². The van der Waals surface area contributed by atoms with Crippen molar-refractivity contribution >= 4 is 21.7 Å². The molecule has 23 heavy (non-hydrogen) atoms. The summed E-state index contributed by atoms with van der Waals surface area (Å²) in [7, 11) is -2.54. The minimum absolute atomic E-state index is 0.0413. The molecule has 1 aromatic carbocycles. The monoisotopic (exact) mass is 340 g/mol. The molecule has 0 aliphatic rings. The average molecular weight is 340 g/mol. The van der Waals surface area contributed by atoms with Crippen molar-refractivity contribution in [2.45, 2.75) is 18.4 Å². The standard InChI is InChI=1S/C13H16N4O5S/c1-3-6-22-11-5-4-9(13(18)19)7-10(11)15-23(20,21)12-8-14-16-17(12)2/h4-5,7-8,15H,3,6H2,1-2H3,(H,18,19). The van der Waals surface area contributed by atoms with Gasteiger partial charge in [-0.05, 0) is 24.6 Å². The Kier molecular flexibility index (Phi) is 4.84. The molecule has 2 aromatic rings. The Balaban J connectivity index is 2.41. The third kappa shape index (κ3) is 3.77. The summed E-state index contributed by atoms with van der Waals surface area (Å²) >= 11 is 0. The summed E-state index contributed by atoms with van der Waals surface area (Å²) in [5.74, 6) is -0.926. The van der Waals surface area contributed by atoms with E-state index in [4.69, 9.17) is 9.84 Å². The fourth-order valence-corrected chi connectivity index (χ4v) is 2.93. The molecule has 9 nitrogen and oxygen atoms in total. The van der Waals surface area contributed by atoms with Gasteiger partial charge in [0, 0.05) is 7.05 Å². The van der Waals surface area contributed by atoms with Crippen LogP contribution in [0.25, 0.3) is 0 Å². The van der Waals surface area contributed by atoms with E-state index in [2.05, 4.69) is 15.0 Å². The molecule has 124 valence electrons. The Labute approximate surface area is 132 Å². The number of aromatic nitrogens is 3. The number of carbonyl (C=O) groups is 1. The van der Waals surface area contributed by atoms with Gasteiger partial charge in [0.15, 0.2) is 5.03 Å². The maximum absolute atomic E-state index is 12.4. The van der Waals surface area contributed by atoms with Crippen molar-refractivity contribution < 1.29 is 23.1 Å². The van der Waals surface area contributed by atoms with Gasteiger partial charge in [-0.2, -0.15) is 8.42 Å². The zero-order valence-electron chi connectivity index (χ0n) is 12.6. The van der Waals surface area contributed by atoms with E-state index in [9.17, 15) is 13.2 Å². The molecule has 0 fully saturated rings. The van der Waals surface area contributed by atoms with Gasteiger partial charge in [0.1, 0.15) is 5.75 Å². The fourth-order valence-electron chi connectivity index (χ4n) is 1.80. The van der Waals surface area contributed by atoms with Crippen LogP contribution in [0.5, 0.6) is 5.75 Å². The quantitative estimate of drug-likeness (QED) is 0.773. The number of carboxylic acid groups (broad SMARTS) is 1. The number of aryl methyl sites for hydroxylation is 1. The lowest BCUT2D eigenvalue weighted by Crippen LogP contribution is -2.17. The van der Waals surface area contributed by atoms with Crippen LogP contribution in [-0.2, 0) is 17.1 Å². The van der Waals surface area contributed by atoms with Gasteiger partial charge < -0.3 is 9.84 Å². The van der Waals surface area contributed by atoms with E-state index < -0.39 is 16.0 Å². The molecule has 0 atom stereocenters. The first kappa shape index (κ1) is 16.7. The Morgan fingerprint density at radius 3 is 2.74 bits per heavy atom. The smallest absolute Gasteiger partial charge is 0.335 e. The maximum Gasteiger partial charge on any atom is 0.335 e. The lowest BCUT2D eigenvalue weighted by atomic mass is 10.2. The minimum atomic E-state index is -3.98. The highest BCUT2D eigenvalue weighted by Crippen LogP contribution is 2.28. The molecule has 10 heteroatoms. The van der Waals surface area contributed by atoms with Crippen molar-refractivity contribution in [2.75, 3.05) is 11.3 Å². The van der Waals surface area contributed by atoms with Crippen LogP contribution in [0.1, 0.15) is 23.7 Å². The molecule has 2 N–H and O–H groups in total. The van der Waals surface area contributed by atoms with Crippen LogP contribution in [0, 0.1) is 0 Å². The summed E-state index contributed by atoms with van der Waals surface area (Å²) in [5.41, 5.74) is -0.0192. The molecule has 1 aromatic heterocycles. The van der Waals surface area contributed by atoms with Crippen molar-refractivity contribution in [2.24, 2.45) is 7.05 Å². The summed E-state index contributed by atoms with van der Waals surface area (Å²) in [6, 6.07) is 3.96. The molecular formula is C13H16N4O5S. The van der Waals surface area contributed by atoms with Crippen LogP contribution in [0.15, 0.2) is 29.4 Å². The SMILES string of the molecule is CCCOc1ccc(C(=O)O)cc1NS(=O)(=O)c1cnnn1C. The maximum atomic E-state index is 12.4. The number of nitrogens with zero attached hydrogens (tertiary/aromatic N) is 3.